The molecule has 0 aromatic heterocycles. The van der Waals surface area contributed by atoms with Crippen molar-refractivity contribution >= 4 is 35.9 Å². The van der Waals surface area contributed by atoms with Crippen molar-refractivity contribution in [1.82, 2.24) is 5.32 Å². The molecule has 3 aromatic rings. The van der Waals surface area contributed by atoms with E-state index < -0.39 is 12.0 Å². The number of carboxylic acid groups (broad SMARTS) is 1. The normalized spacial score (nSPS) is 16.4. The van der Waals surface area contributed by atoms with Gasteiger partial charge in [-0.15, -0.1) is 12.4 Å². The number of para-hydroxylation sites is 2. The minimum Gasteiger partial charge on any atom is -0.480 e. The van der Waals surface area contributed by atoms with Gasteiger partial charge in [0.2, 0.25) is 5.91 Å². The minimum absolute atomic E-state index is 0. The molecule has 1 saturated carbocycles. The first-order chi connectivity index (χ1) is 19.8. The second kappa shape index (κ2) is 17.7. The van der Waals surface area contributed by atoms with Crippen molar-refractivity contribution in [1.29, 1.82) is 0 Å². The van der Waals surface area contributed by atoms with Crippen molar-refractivity contribution in [3.8, 4) is 11.5 Å². The highest BCUT2D eigenvalue weighted by Gasteiger charge is 2.29. The molecule has 3 aromatic carbocycles. The summed E-state index contributed by atoms with van der Waals surface area (Å²) < 4.78 is 10.6. The summed E-state index contributed by atoms with van der Waals surface area (Å²) in [5.41, 5.74) is 12.9. The Morgan fingerprint density at radius 2 is 1.57 bits per heavy atom. The Morgan fingerprint density at radius 1 is 0.929 bits per heavy atom. The van der Waals surface area contributed by atoms with Gasteiger partial charge >= 0.3 is 11.9 Å². The Morgan fingerprint density at radius 3 is 2.19 bits per heavy atom. The summed E-state index contributed by atoms with van der Waals surface area (Å²) >= 11 is 0. The number of nitrogens with one attached hydrogen (secondary N) is 1. The largest absolute Gasteiger partial charge is 0.480 e. The number of hydrogen-bond donors (Lipinski definition) is 4. The first-order valence-corrected chi connectivity index (χ1v) is 13.9. The number of aliphatic carboxylic acids is 1. The fourth-order valence-corrected chi connectivity index (χ4v) is 4.64. The van der Waals surface area contributed by atoms with E-state index >= 15 is 0 Å². The number of amides is 1. The van der Waals surface area contributed by atoms with Crippen molar-refractivity contribution in [3.63, 3.8) is 0 Å². The fourth-order valence-electron chi connectivity index (χ4n) is 4.64. The van der Waals surface area contributed by atoms with Crippen molar-refractivity contribution < 1.29 is 29.0 Å². The van der Waals surface area contributed by atoms with E-state index in [0.717, 1.165) is 31.2 Å². The molecular formula is C32H40ClN3O6. The summed E-state index contributed by atoms with van der Waals surface area (Å²) in [6.45, 7) is 2.78. The highest BCUT2D eigenvalue weighted by Crippen LogP contribution is 2.28. The number of anilines is 1. The third-order valence-electron chi connectivity index (χ3n) is 6.94. The number of ether oxygens (including phenoxy) is 2. The van der Waals surface area contributed by atoms with Crippen LogP contribution in [0.4, 0.5) is 5.69 Å². The molecule has 9 nitrogen and oxygen atoms in total. The van der Waals surface area contributed by atoms with Crippen molar-refractivity contribution in [2.75, 3.05) is 18.9 Å². The maximum absolute atomic E-state index is 12.6. The topological polar surface area (TPSA) is 154 Å². The summed E-state index contributed by atoms with van der Waals surface area (Å²) in [6.07, 6.45) is 3.57. The molecule has 0 heterocycles. The van der Waals surface area contributed by atoms with E-state index in [-0.39, 0.29) is 36.6 Å². The van der Waals surface area contributed by atoms with E-state index in [9.17, 15) is 19.5 Å². The van der Waals surface area contributed by atoms with Crippen LogP contribution in [0.5, 0.6) is 11.5 Å². The number of esters is 1. The minimum atomic E-state index is -1.04. The van der Waals surface area contributed by atoms with Crippen LogP contribution in [0.25, 0.3) is 0 Å². The Kier molecular flexibility index (Phi) is 14.4. The van der Waals surface area contributed by atoms with Gasteiger partial charge in [-0.2, -0.15) is 0 Å². The van der Waals surface area contributed by atoms with Crippen LogP contribution in [0.3, 0.4) is 0 Å². The zero-order valence-electron chi connectivity index (χ0n) is 23.7. The molecule has 0 radical (unpaired) electrons. The highest BCUT2D eigenvalue weighted by molar-refractivity contribution is 5.94. The maximum Gasteiger partial charge on any atom is 0.340 e. The van der Waals surface area contributed by atoms with Crippen molar-refractivity contribution in [2.24, 2.45) is 17.6 Å². The van der Waals surface area contributed by atoms with Crippen molar-refractivity contribution in [2.45, 2.75) is 45.1 Å². The summed E-state index contributed by atoms with van der Waals surface area (Å²) in [5, 5.41) is 12.3. The number of halogens is 1. The Bertz CT molecular complexity index is 1280. The van der Waals surface area contributed by atoms with Gasteiger partial charge in [0, 0.05) is 18.0 Å². The van der Waals surface area contributed by atoms with Gasteiger partial charge in [-0.1, -0.05) is 42.5 Å². The molecule has 1 amide bonds. The monoisotopic (exact) mass is 597 g/mol. The van der Waals surface area contributed by atoms with Crippen LogP contribution < -0.4 is 21.5 Å². The predicted molar refractivity (Wildman–Crippen MR) is 165 cm³/mol. The first-order valence-electron chi connectivity index (χ1n) is 13.9. The second-order valence-electron chi connectivity index (χ2n) is 9.93. The molecule has 0 unspecified atom stereocenters. The summed E-state index contributed by atoms with van der Waals surface area (Å²) in [5.74, 6) is 0.0997. The average molecular weight is 598 g/mol. The van der Waals surface area contributed by atoms with Crippen LogP contribution in [-0.4, -0.2) is 42.1 Å². The molecule has 10 heteroatoms. The molecule has 6 N–H and O–H groups in total. The van der Waals surface area contributed by atoms with Crippen LogP contribution in [0.2, 0.25) is 0 Å². The molecule has 0 aliphatic heterocycles. The second-order valence-corrected chi connectivity index (χ2v) is 9.93. The van der Waals surface area contributed by atoms with Gasteiger partial charge in [0.25, 0.3) is 0 Å². The van der Waals surface area contributed by atoms with E-state index in [2.05, 4.69) is 5.32 Å². The quantitative estimate of drug-likeness (QED) is 0.183. The van der Waals surface area contributed by atoms with Crippen LogP contribution in [-0.2, 0) is 20.7 Å². The lowest BCUT2D eigenvalue weighted by Crippen LogP contribution is -2.45. The summed E-state index contributed by atoms with van der Waals surface area (Å²) in [4.78, 5) is 35.5. The maximum atomic E-state index is 12.6. The lowest BCUT2D eigenvalue weighted by atomic mass is 9.81. The molecule has 42 heavy (non-hydrogen) atoms. The molecule has 0 saturated heterocycles. The molecule has 1 fully saturated rings. The van der Waals surface area contributed by atoms with Crippen LogP contribution in [0.1, 0.15) is 48.5 Å². The summed E-state index contributed by atoms with van der Waals surface area (Å²) in [7, 11) is 0. The van der Waals surface area contributed by atoms with E-state index in [1.54, 1.807) is 31.2 Å². The molecule has 1 aliphatic rings. The zero-order valence-corrected chi connectivity index (χ0v) is 24.6. The lowest BCUT2D eigenvalue weighted by molar-refractivity contribution is -0.142. The number of carboxylic acids is 1. The number of hydrogen-bond acceptors (Lipinski definition) is 7. The number of nitrogens with two attached hydrogens (primary N) is 2. The molecule has 0 bridgehead atoms. The van der Waals surface area contributed by atoms with Gasteiger partial charge in [-0.3, -0.25) is 4.79 Å². The molecular weight excluding hydrogens is 558 g/mol. The highest BCUT2D eigenvalue weighted by atomic mass is 35.5. The third-order valence-corrected chi connectivity index (χ3v) is 6.94. The summed E-state index contributed by atoms with van der Waals surface area (Å²) in [6, 6.07) is 22.6. The number of nitrogen functional groups attached to an aromatic ring is 1. The smallest absolute Gasteiger partial charge is 0.340 e. The van der Waals surface area contributed by atoms with Gasteiger partial charge in [0.1, 0.15) is 17.5 Å². The lowest BCUT2D eigenvalue weighted by Gasteiger charge is -2.27. The molecule has 0 spiro atoms. The Balaban J connectivity index is 0.000000399. The van der Waals surface area contributed by atoms with Crippen LogP contribution in [0.15, 0.2) is 78.9 Å². The number of rotatable bonds is 10. The first kappa shape index (κ1) is 34.1. The number of benzene rings is 3. The van der Waals surface area contributed by atoms with E-state index in [1.807, 2.05) is 54.6 Å². The van der Waals surface area contributed by atoms with Gasteiger partial charge in [0.05, 0.1) is 12.2 Å². The SMILES string of the molecule is CCOC(=O)c1ccccc1N.Cl.NCC1CCC(C(=O)N[C@@H](Cc2cccc(Oc3ccccc3)c2)C(=O)O)CC1. The third kappa shape index (κ3) is 10.7. The molecule has 1 atom stereocenters. The van der Waals surface area contributed by atoms with Crippen molar-refractivity contribution in [3.05, 3.63) is 90.0 Å². The molecule has 226 valence electrons. The Labute approximate surface area is 253 Å². The standard InChI is InChI=1S/C23H28N2O4.C9H11NO2.ClH/c24-15-16-9-11-18(12-10-16)22(26)25-21(23(27)28)14-17-5-4-8-20(13-17)29-19-6-2-1-3-7-19;1-2-12-9(11)7-5-3-4-6-8(7)10;/h1-8,13,16,18,21H,9-12,14-15,24H2,(H,25,26)(H,27,28);3-6H,2,10H2,1H3;1H/t16?,18?,21-;;/m0../s1. The van der Waals surface area contributed by atoms with Gasteiger partial charge in [-0.05, 0) is 87.0 Å². The average Bonchev–Trinajstić information content (AvgIpc) is 2.98. The van der Waals surface area contributed by atoms with E-state index in [1.165, 1.54) is 0 Å². The molecule has 1 aliphatic carbocycles. The Hall–Kier alpha value is -4.08. The fraction of sp³-hybridized carbons (Fsp3) is 0.344. The van der Waals surface area contributed by atoms with Gasteiger partial charge in [-0.25, -0.2) is 9.59 Å². The van der Waals surface area contributed by atoms with Crippen LogP contribution >= 0.6 is 12.4 Å². The van der Waals surface area contributed by atoms with Crippen LogP contribution in [0, 0.1) is 11.8 Å². The van der Waals surface area contributed by atoms with E-state index in [4.69, 9.17) is 20.9 Å². The number of carbonyl (C=O) groups excluding carboxylic acids is 2. The van der Waals surface area contributed by atoms with Gasteiger partial charge < -0.3 is 31.4 Å². The number of carbonyl (C=O) groups is 3. The van der Waals surface area contributed by atoms with Gasteiger partial charge in [0.15, 0.2) is 0 Å². The van der Waals surface area contributed by atoms with E-state index in [0.29, 0.717) is 41.8 Å². The zero-order chi connectivity index (χ0) is 29.6. The predicted octanol–water partition coefficient (Wildman–Crippen LogP) is 5.22. The molecule has 4 rings (SSSR count).